The summed E-state index contributed by atoms with van der Waals surface area (Å²) in [6, 6.07) is 14.4. The van der Waals surface area contributed by atoms with Gasteiger partial charge in [0.1, 0.15) is 0 Å². The van der Waals surface area contributed by atoms with E-state index in [0.29, 0.717) is 0 Å². The summed E-state index contributed by atoms with van der Waals surface area (Å²) in [5, 5.41) is 0. The summed E-state index contributed by atoms with van der Waals surface area (Å²) in [5.41, 5.74) is 3.34. The number of hydrogen-bond donors (Lipinski definition) is 0. The summed E-state index contributed by atoms with van der Waals surface area (Å²) in [7, 11) is 6.12. The summed E-state index contributed by atoms with van der Waals surface area (Å²) >= 11 is 0. The lowest BCUT2D eigenvalue weighted by Crippen LogP contribution is -2.16. The molecule has 0 aromatic heterocycles. The highest BCUT2D eigenvalue weighted by atomic mass is 16.5. The van der Waals surface area contributed by atoms with Crippen LogP contribution in [-0.2, 0) is 0 Å². The zero-order valence-corrected chi connectivity index (χ0v) is 10.8. The standard InChI is InChI=1S/C15H16N2O/c1-16(2)11-8-9-13-15(10-11)18-14-7-5-4-6-12(14)17(13)3/h4-10H,1-3H3. The largest absolute Gasteiger partial charge is 0.453 e. The van der Waals surface area contributed by atoms with E-state index in [9.17, 15) is 0 Å². The lowest BCUT2D eigenvalue weighted by Gasteiger charge is -2.30. The van der Waals surface area contributed by atoms with E-state index in [1.54, 1.807) is 0 Å². The molecule has 3 rings (SSSR count). The lowest BCUT2D eigenvalue weighted by atomic mass is 10.1. The van der Waals surface area contributed by atoms with Crippen molar-refractivity contribution in [3.8, 4) is 11.5 Å². The van der Waals surface area contributed by atoms with Gasteiger partial charge in [-0.1, -0.05) is 12.1 Å². The number of rotatable bonds is 1. The molecule has 3 nitrogen and oxygen atoms in total. The Morgan fingerprint density at radius 2 is 1.67 bits per heavy atom. The van der Waals surface area contributed by atoms with Gasteiger partial charge >= 0.3 is 0 Å². The van der Waals surface area contributed by atoms with Crippen LogP contribution in [0.2, 0.25) is 0 Å². The average Bonchev–Trinajstić information content (AvgIpc) is 2.38. The molecule has 0 atom stereocenters. The second kappa shape index (κ2) is 3.95. The van der Waals surface area contributed by atoms with Gasteiger partial charge in [-0.15, -0.1) is 0 Å². The van der Waals surface area contributed by atoms with E-state index in [1.807, 2.05) is 32.3 Å². The minimum Gasteiger partial charge on any atom is -0.453 e. The second-order valence-electron chi connectivity index (χ2n) is 4.68. The molecule has 0 unspecified atom stereocenters. The number of hydrogen-bond acceptors (Lipinski definition) is 3. The SMILES string of the molecule is CN(C)c1ccc2c(c1)Oc1ccccc1N2C. The van der Waals surface area contributed by atoms with Gasteiger partial charge in [0.25, 0.3) is 0 Å². The van der Waals surface area contributed by atoms with Crippen molar-refractivity contribution in [3.05, 3.63) is 42.5 Å². The number of benzene rings is 2. The number of fused-ring (bicyclic) bond motifs is 2. The maximum Gasteiger partial charge on any atom is 0.153 e. The van der Waals surface area contributed by atoms with Gasteiger partial charge in [0.15, 0.2) is 11.5 Å². The summed E-state index contributed by atoms with van der Waals surface area (Å²) in [6.07, 6.45) is 0. The Hall–Kier alpha value is -2.16. The van der Waals surface area contributed by atoms with Crippen molar-refractivity contribution in [2.45, 2.75) is 0 Å². The highest BCUT2D eigenvalue weighted by Gasteiger charge is 2.21. The van der Waals surface area contributed by atoms with E-state index in [2.05, 4.69) is 41.1 Å². The zero-order chi connectivity index (χ0) is 12.7. The molecule has 0 bridgehead atoms. The van der Waals surface area contributed by atoms with Gasteiger partial charge in [-0.25, -0.2) is 0 Å². The smallest absolute Gasteiger partial charge is 0.153 e. The van der Waals surface area contributed by atoms with Crippen LogP contribution in [-0.4, -0.2) is 21.1 Å². The number of nitrogens with zero attached hydrogens (tertiary/aromatic N) is 2. The van der Waals surface area contributed by atoms with Crippen LogP contribution in [0.25, 0.3) is 0 Å². The molecule has 1 aliphatic rings. The van der Waals surface area contributed by atoms with Gasteiger partial charge in [-0.2, -0.15) is 0 Å². The number of anilines is 3. The first-order valence-corrected chi connectivity index (χ1v) is 5.99. The van der Waals surface area contributed by atoms with Crippen LogP contribution < -0.4 is 14.5 Å². The molecule has 3 heteroatoms. The lowest BCUT2D eigenvalue weighted by molar-refractivity contribution is 0.475. The van der Waals surface area contributed by atoms with Crippen molar-refractivity contribution in [1.29, 1.82) is 0 Å². The van der Waals surface area contributed by atoms with Gasteiger partial charge in [0, 0.05) is 32.9 Å². The Balaban J connectivity index is 2.10. The van der Waals surface area contributed by atoms with Crippen LogP contribution in [0, 0.1) is 0 Å². The van der Waals surface area contributed by atoms with Crippen molar-refractivity contribution < 1.29 is 4.74 Å². The van der Waals surface area contributed by atoms with E-state index >= 15 is 0 Å². The van der Waals surface area contributed by atoms with Gasteiger partial charge in [0.05, 0.1) is 11.4 Å². The molecule has 2 aromatic carbocycles. The molecule has 0 saturated heterocycles. The van der Waals surface area contributed by atoms with E-state index in [-0.39, 0.29) is 0 Å². The fraction of sp³-hybridized carbons (Fsp3) is 0.200. The molecular weight excluding hydrogens is 224 g/mol. The monoisotopic (exact) mass is 240 g/mol. The Kier molecular flexibility index (Phi) is 2.40. The first kappa shape index (κ1) is 11.0. The average molecular weight is 240 g/mol. The third kappa shape index (κ3) is 1.59. The quantitative estimate of drug-likeness (QED) is 0.757. The van der Waals surface area contributed by atoms with Crippen LogP contribution in [0.3, 0.4) is 0 Å². The molecule has 0 N–H and O–H groups in total. The Labute approximate surface area is 107 Å². The molecule has 0 saturated carbocycles. The van der Waals surface area contributed by atoms with Crippen molar-refractivity contribution >= 4 is 17.1 Å². The van der Waals surface area contributed by atoms with Crippen molar-refractivity contribution in [3.63, 3.8) is 0 Å². The third-order valence-corrected chi connectivity index (χ3v) is 3.27. The molecular formula is C15H16N2O. The minimum atomic E-state index is 0.905. The first-order chi connectivity index (χ1) is 8.66. The van der Waals surface area contributed by atoms with Gasteiger partial charge in [-0.05, 0) is 24.3 Å². The molecule has 0 fully saturated rings. The predicted molar refractivity (Wildman–Crippen MR) is 75.3 cm³/mol. The van der Waals surface area contributed by atoms with Gasteiger partial charge < -0.3 is 14.5 Å². The van der Waals surface area contributed by atoms with E-state index < -0.39 is 0 Å². The fourth-order valence-corrected chi connectivity index (χ4v) is 2.21. The second-order valence-corrected chi connectivity index (χ2v) is 4.68. The highest BCUT2D eigenvalue weighted by molar-refractivity contribution is 5.79. The Morgan fingerprint density at radius 1 is 0.944 bits per heavy atom. The molecule has 1 aliphatic heterocycles. The number of para-hydroxylation sites is 2. The summed E-state index contributed by atoms with van der Waals surface area (Å²) in [4.78, 5) is 4.23. The number of ether oxygens (including phenoxy) is 1. The molecule has 0 amide bonds. The molecule has 18 heavy (non-hydrogen) atoms. The zero-order valence-electron chi connectivity index (χ0n) is 10.8. The first-order valence-electron chi connectivity index (χ1n) is 5.99. The van der Waals surface area contributed by atoms with Crippen LogP contribution in [0.4, 0.5) is 17.1 Å². The molecule has 92 valence electrons. The van der Waals surface area contributed by atoms with Gasteiger partial charge in [0.2, 0.25) is 0 Å². The van der Waals surface area contributed by atoms with Crippen molar-refractivity contribution in [2.75, 3.05) is 30.9 Å². The predicted octanol–water partition coefficient (Wildman–Crippen LogP) is 3.63. The van der Waals surface area contributed by atoms with Crippen LogP contribution >= 0.6 is 0 Å². The van der Waals surface area contributed by atoms with Crippen LogP contribution in [0.5, 0.6) is 11.5 Å². The van der Waals surface area contributed by atoms with E-state index in [4.69, 9.17) is 4.74 Å². The topological polar surface area (TPSA) is 15.7 Å². The molecule has 2 aromatic rings. The molecule has 1 heterocycles. The van der Waals surface area contributed by atoms with Crippen molar-refractivity contribution in [2.24, 2.45) is 0 Å². The minimum absolute atomic E-state index is 0.905. The summed E-state index contributed by atoms with van der Waals surface area (Å²) in [6.45, 7) is 0. The summed E-state index contributed by atoms with van der Waals surface area (Å²) in [5.74, 6) is 1.81. The molecule has 0 radical (unpaired) electrons. The highest BCUT2D eigenvalue weighted by Crippen LogP contribution is 2.46. The maximum absolute atomic E-state index is 5.97. The summed E-state index contributed by atoms with van der Waals surface area (Å²) < 4.78 is 5.97. The van der Waals surface area contributed by atoms with E-state index in [1.165, 1.54) is 0 Å². The third-order valence-electron chi connectivity index (χ3n) is 3.27. The van der Waals surface area contributed by atoms with Crippen LogP contribution in [0.15, 0.2) is 42.5 Å². The Morgan fingerprint density at radius 3 is 2.44 bits per heavy atom. The Bertz CT molecular complexity index is 593. The van der Waals surface area contributed by atoms with Crippen molar-refractivity contribution in [1.82, 2.24) is 0 Å². The molecule has 0 aliphatic carbocycles. The van der Waals surface area contributed by atoms with Gasteiger partial charge in [-0.3, -0.25) is 0 Å². The molecule has 0 spiro atoms. The maximum atomic E-state index is 5.97. The van der Waals surface area contributed by atoms with Crippen LogP contribution in [0.1, 0.15) is 0 Å². The normalized spacial score (nSPS) is 12.5. The fourth-order valence-electron chi connectivity index (χ4n) is 2.21. The van der Waals surface area contributed by atoms with E-state index in [0.717, 1.165) is 28.6 Å².